The third-order valence-corrected chi connectivity index (χ3v) is 2.59. The number of rotatable bonds is 3. The molecular formula is C11H20O2. The van der Waals surface area contributed by atoms with Crippen LogP contribution in [-0.4, -0.2) is 11.1 Å². The summed E-state index contributed by atoms with van der Waals surface area (Å²) in [5, 5.41) is 8.63. The van der Waals surface area contributed by atoms with Gasteiger partial charge < -0.3 is 5.11 Å². The summed E-state index contributed by atoms with van der Waals surface area (Å²) in [6.45, 7) is 10.3. The Morgan fingerprint density at radius 1 is 1.46 bits per heavy atom. The Morgan fingerprint density at radius 3 is 2.23 bits per heavy atom. The maximum Gasteiger partial charge on any atom is 0.330 e. The van der Waals surface area contributed by atoms with Crippen LogP contribution in [0.1, 0.15) is 41.0 Å². The van der Waals surface area contributed by atoms with E-state index in [0.717, 1.165) is 6.42 Å². The van der Waals surface area contributed by atoms with Gasteiger partial charge in [0.05, 0.1) is 0 Å². The van der Waals surface area contributed by atoms with Crippen LogP contribution in [0.3, 0.4) is 0 Å². The fourth-order valence-corrected chi connectivity index (χ4v) is 0.794. The molecule has 1 atom stereocenters. The van der Waals surface area contributed by atoms with Crippen molar-refractivity contribution in [1.29, 1.82) is 0 Å². The maximum atomic E-state index is 10.5. The Balaban J connectivity index is 4.17. The Kier molecular flexibility index (Phi) is 4.18. The fourth-order valence-electron chi connectivity index (χ4n) is 0.794. The van der Waals surface area contributed by atoms with E-state index in [0.29, 0.717) is 11.5 Å². The van der Waals surface area contributed by atoms with Crippen molar-refractivity contribution in [3.05, 3.63) is 11.6 Å². The molecule has 0 radical (unpaired) electrons. The first-order valence-electron chi connectivity index (χ1n) is 4.65. The van der Waals surface area contributed by atoms with Gasteiger partial charge in [-0.1, -0.05) is 33.8 Å². The van der Waals surface area contributed by atoms with Gasteiger partial charge in [-0.3, -0.25) is 0 Å². The zero-order chi connectivity index (χ0) is 10.6. The van der Waals surface area contributed by atoms with Gasteiger partial charge in [-0.15, -0.1) is 0 Å². The van der Waals surface area contributed by atoms with Crippen LogP contribution in [0.5, 0.6) is 0 Å². The molecule has 0 rings (SSSR count). The van der Waals surface area contributed by atoms with Gasteiger partial charge in [-0.05, 0) is 24.7 Å². The lowest BCUT2D eigenvalue weighted by Gasteiger charge is -2.26. The first-order chi connectivity index (χ1) is 5.75. The molecule has 2 nitrogen and oxygen atoms in total. The molecule has 0 aliphatic carbocycles. The lowest BCUT2D eigenvalue weighted by molar-refractivity contribution is -0.132. The largest absolute Gasteiger partial charge is 0.478 e. The number of hydrogen-bond donors (Lipinski definition) is 1. The summed E-state index contributed by atoms with van der Waals surface area (Å²) in [5.74, 6) is -0.317. The summed E-state index contributed by atoms with van der Waals surface area (Å²) in [6, 6.07) is 0. The van der Waals surface area contributed by atoms with Crippen LogP contribution in [0.25, 0.3) is 0 Å². The van der Waals surface area contributed by atoms with Crippen molar-refractivity contribution in [2.24, 2.45) is 11.3 Å². The summed E-state index contributed by atoms with van der Waals surface area (Å²) in [5.41, 5.74) is 0.686. The highest BCUT2D eigenvalue weighted by Gasteiger charge is 2.18. The van der Waals surface area contributed by atoms with Crippen molar-refractivity contribution < 1.29 is 9.90 Å². The number of carboxylic acids is 1. The number of carboxylic acid groups (broad SMARTS) is 1. The van der Waals surface area contributed by atoms with E-state index in [1.807, 2.05) is 0 Å². The molecule has 0 aliphatic rings. The molecule has 0 aliphatic heterocycles. The van der Waals surface area contributed by atoms with Crippen LogP contribution in [0.15, 0.2) is 11.6 Å². The van der Waals surface area contributed by atoms with Crippen LogP contribution in [-0.2, 0) is 4.79 Å². The van der Waals surface area contributed by atoms with Gasteiger partial charge in [0.1, 0.15) is 0 Å². The molecule has 1 N–H and O–H groups in total. The fraction of sp³-hybridized carbons (Fsp3) is 0.727. The van der Waals surface area contributed by atoms with E-state index in [4.69, 9.17) is 5.11 Å². The predicted molar refractivity (Wildman–Crippen MR) is 54.6 cm³/mol. The van der Waals surface area contributed by atoms with E-state index in [1.54, 1.807) is 13.0 Å². The highest BCUT2D eigenvalue weighted by atomic mass is 16.4. The molecule has 0 bridgehead atoms. The second-order valence-corrected chi connectivity index (χ2v) is 4.70. The molecule has 13 heavy (non-hydrogen) atoms. The summed E-state index contributed by atoms with van der Waals surface area (Å²) in [7, 11) is 0. The quantitative estimate of drug-likeness (QED) is 0.684. The summed E-state index contributed by atoms with van der Waals surface area (Å²) in [4.78, 5) is 10.5. The number of allylic oxidation sites excluding steroid dienone is 1. The molecule has 1 unspecified atom stereocenters. The first kappa shape index (κ1) is 12.2. The Hall–Kier alpha value is -0.790. The van der Waals surface area contributed by atoms with Gasteiger partial charge in [0.25, 0.3) is 0 Å². The summed E-state index contributed by atoms with van der Waals surface area (Å²) in [6.07, 6.45) is 2.64. The molecule has 0 aromatic carbocycles. The lowest BCUT2D eigenvalue weighted by Crippen LogP contribution is -2.16. The zero-order valence-corrected chi connectivity index (χ0v) is 9.22. The van der Waals surface area contributed by atoms with Gasteiger partial charge in [0.2, 0.25) is 0 Å². The number of carbonyl (C=O) groups is 1. The Morgan fingerprint density at radius 2 is 1.92 bits per heavy atom. The van der Waals surface area contributed by atoms with Crippen LogP contribution in [0.2, 0.25) is 0 Å². The minimum atomic E-state index is -0.818. The van der Waals surface area contributed by atoms with E-state index < -0.39 is 5.97 Å². The standard InChI is InChI=1S/C11H20O2/c1-8(10(12)13)6-7-9(2)11(3,4)5/h6,9H,7H2,1-5H3,(H,12,13). The molecule has 0 saturated carbocycles. The molecule has 0 amide bonds. The summed E-state index contributed by atoms with van der Waals surface area (Å²) < 4.78 is 0. The van der Waals surface area contributed by atoms with E-state index in [9.17, 15) is 4.79 Å². The molecule has 0 saturated heterocycles. The topological polar surface area (TPSA) is 37.3 Å². The second kappa shape index (κ2) is 4.45. The second-order valence-electron chi connectivity index (χ2n) is 4.70. The monoisotopic (exact) mass is 184 g/mol. The van der Waals surface area contributed by atoms with Crippen molar-refractivity contribution in [1.82, 2.24) is 0 Å². The molecule has 0 fully saturated rings. The van der Waals surface area contributed by atoms with Crippen LogP contribution >= 0.6 is 0 Å². The van der Waals surface area contributed by atoms with Gasteiger partial charge >= 0.3 is 5.97 Å². The van der Waals surface area contributed by atoms with Crippen molar-refractivity contribution >= 4 is 5.97 Å². The molecule has 0 spiro atoms. The first-order valence-corrected chi connectivity index (χ1v) is 4.65. The number of hydrogen-bond acceptors (Lipinski definition) is 1. The van der Waals surface area contributed by atoms with E-state index in [-0.39, 0.29) is 5.41 Å². The van der Waals surface area contributed by atoms with Crippen molar-refractivity contribution in [2.45, 2.75) is 41.0 Å². The maximum absolute atomic E-state index is 10.5. The molecule has 2 heteroatoms. The van der Waals surface area contributed by atoms with Crippen LogP contribution in [0.4, 0.5) is 0 Å². The average Bonchev–Trinajstić information content (AvgIpc) is 1.97. The van der Waals surface area contributed by atoms with Gasteiger partial charge in [0.15, 0.2) is 0 Å². The minimum absolute atomic E-state index is 0.245. The van der Waals surface area contributed by atoms with E-state index in [1.165, 1.54) is 0 Å². The minimum Gasteiger partial charge on any atom is -0.478 e. The third kappa shape index (κ3) is 4.71. The molecule has 0 heterocycles. The van der Waals surface area contributed by atoms with Crippen LogP contribution < -0.4 is 0 Å². The van der Waals surface area contributed by atoms with E-state index in [2.05, 4.69) is 27.7 Å². The van der Waals surface area contributed by atoms with Crippen molar-refractivity contribution in [2.75, 3.05) is 0 Å². The average molecular weight is 184 g/mol. The highest BCUT2D eigenvalue weighted by molar-refractivity contribution is 5.85. The smallest absolute Gasteiger partial charge is 0.330 e. The van der Waals surface area contributed by atoms with Crippen molar-refractivity contribution in [3.63, 3.8) is 0 Å². The molecule has 0 aromatic rings. The van der Waals surface area contributed by atoms with Crippen molar-refractivity contribution in [3.8, 4) is 0 Å². The predicted octanol–water partition coefficient (Wildman–Crippen LogP) is 3.09. The molecule has 76 valence electrons. The number of aliphatic carboxylic acids is 1. The molecular weight excluding hydrogens is 164 g/mol. The summed E-state index contributed by atoms with van der Waals surface area (Å²) >= 11 is 0. The normalized spacial score (nSPS) is 15.6. The third-order valence-electron chi connectivity index (χ3n) is 2.59. The van der Waals surface area contributed by atoms with Gasteiger partial charge in [-0.2, -0.15) is 0 Å². The Labute approximate surface area is 80.7 Å². The SMILES string of the molecule is CC(=CCC(C)C(C)(C)C)C(=O)O. The van der Waals surface area contributed by atoms with Gasteiger partial charge in [-0.25, -0.2) is 4.79 Å². The Bertz CT molecular complexity index is 209. The highest BCUT2D eigenvalue weighted by Crippen LogP contribution is 2.28. The lowest BCUT2D eigenvalue weighted by atomic mass is 9.80. The molecule has 0 aromatic heterocycles. The van der Waals surface area contributed by atoms with E-state index >= 15 is 0 Å². The zero-order valence-electron chi connectivity index (χ0n) is 9.22. The van der Waals surface area contributed by atoms with Crippen LogP contribution in [0, 0.1) is 11.3 Å². The van der Waals surface area contributed by atoms with Gasteiger partial charge in [0, 0.05) is 5.57 Å².